The third-order valence-corrected chi connectivity index (χ3v) is 3.20. The summed E-state index contributed by atoms with van der Waals surface area (Å²) in [5.41, 5.74) is 1.37. The molecule has 0 aromatic carbocycles. The predicted molar refractivity (Wildman–Crippen MR) is 63.8 cm³/mol. The maximum Gasteiger partial charge on any atom is 0.271 e. The minimum atomic E-state index is -0.249. The van der Waals surface area contributed by atoms with Crippen LogP contribution in [-0.4, -0.2) is 16.1 Å². The fourth-order valence-corrected chi connectivity index (χ4v) is 2.24. The lowest BCUT2D eigenvalue weighted by Gasteiger charge is -2.11. The number of carbonyl (C=O) groups excluding carboxylic acids is 1. The van der Waals surface area contributed by atoms with Gasteiger partial charge < -0.3 is 5.32 Å². The van der Waals surface area contributed by atoms with E-state index in [1.165, 1.54) is 6.20 Å². The van der Waals surface area contributed by atoms with Gasteiger partial charge in [0, 0.05) is 0 Å². The van der Waals surface area contributed by atoms with E-state index >= 15 is 0 Å². The maximum absolute atomic E-state index is 11.8. The van der Waals surface area contributed by atoms with Gasteiger partial charge in [0.25, 0.3) is 5.91 Å². The summed E-state index contributed by atoms with van der Waals surface area (Å²) in [6.07, 6.45) is 1.41. The molecule has 2 heterocycles. The quantitative estimate of drug-likeness (QED) is 0.886. The van der Waals surface area contributed by atoms with E-state index in [9.17, 15) is 4.79 Å². The summed E-state index contributed by atoms with van der Waals surface area (Å²) in [5.74, 6) is -0.249. The summed E-state index contributed by atoms with van der Waals surface area (Å²) < 4.78 is 0. The smallest absolute Gasteiger partial charge is 0.271 e. The van der Waals surface area contributed by atoms with Crippen molar-refractivity contribution in [1.29, 1.82) is 0 Å². The number of aromatic amines is 1. The lowest BCUT2D eigenvalue weighted by molar-refractivity contribution is 0.0935. The Kier molecular flexibility index (Phi) is 3.26. The van der Waals surface area contributed by atoms with Crippen LogP contribution >= 0.6 is 22.9 Å². The highest BCUT2D eigenvalue weighted by Gasteiger charge is 2.15. The number of H-pyrrole nitrogens is 1. The van der Waals surface area contributed by atoms with E-state index in [2.05, 4.69) is 15.5 Å². The zero-order chi connectivity index (χ0) is 11.5. The molecule has 0 aliphatic rings. The first kappa shape index (κ1) is 11.2. The first-order valence-corrected chi connectivity index (χ1v) is 6.02. The minimum absolute atomic E-state index is 0.0434. The summed E-state index contributed by atoms with van der Waals surface area (Å²) in [6.45, 7) is 1.92. The van der Waals surface area contributed by atoms with Gasteiger partial charge in [-0.15, -0.1) is 0 Å². The van der Waals surface area contributed by atoms with Crippen LogP contribution in [-0.2, 0) is 0 Å². The van der Waals surface area contributed by atoms with Crippen molar-refractivity contribution in [3.63, 3.8) is 0 Å². The molecular weight excluding hydrogens is 246 g/mol. The third kappa shape index (κ3) is 2.25. The molecular formula is C10H10ClN3OS. The van der Waals surface area contributed by atoms with E-state index in [1.54, 1.807) is 11.3 Å². The molecule has 0 bridgehead atoms. The van der Waals surface area contributed by atoms with Gasteiger partial charge in [0.15, 0.2) is 0 Å². The molecule has 0 spiro atoms. The number of nitrogens with zero attached hydrogens (tertiary/aromatic N) is 1. The summed E-state index contributed by atoms with van der Waals surface area (Å²) in [4.78, 5) is 11.8. The van der Waals surface area contributed by atoms with Crippen molar-refractivity contribution in [3.8, 4) is 0 Å². The predicted octanol–water partition coefficient (Wildman–Crippen LogP) is 2.62. The molecule has 2 aromatic heterocycles. The highest BCUT2D eigenvalue weighted by Crippen LogP contribution is 2.17. The van der Waals surface area contributed by atoms with Crippen LogP contribution in [0, 0.1) is 0 Å². The van der Waals surface area contributed by atoms with Crippen molar-refractivity contribution in [3.05, 3.63) is 39.3 Å². The summed E-state index contributed by atoms with van der Waals surface area (Å²) in [6, 6.07) is 1.93. The molecule has 2 aromatic rings. The SMILES string of the molecule is CC(NC(=O)c1[nH]ncc1Cl)c1ccsc1. The second-order valence-corrected chi connectivity index (χ2v) is 4.53. The lowest BCUT2D eigenvalue weighted by Crippen LogP contribution is -2.26. The number of thiophene rings is 1. The number of halogens is 1. The summed E-state index contributed by atoms with van der Waals surface area (Å²) in [7, 11) is 0. The summed E-state index contributed by atoms with van der Waals surface area (Å²) in [5, 5.41) is 13.4. The van der Waals surface area contributed by atoms with Gasteiger partial charge in [0.1, 0.15) is 5.69 Å². The van der Waals surface area contributed by atoms with E-state index in [1.807, 2.05) is 23.8 Å². The Morgan fingerprint density at radius 3 is 3.06 bits per heavy atom. The molecule has 0 aliphatic heterocycles. The molecule has 2 rings (SSSR count). The zero-order valence-electron chi connectivity index (χ0n) is 8.53. The molecule has 2 N–H and O–H groups in total. The van der Waals surface area contributed by atoms with Crippen LogP contribution in [0.15, 0.2) is 23.0 Å². The Morgan fingerprint density at radius 1 is 1.69 bits per heavy atom. The number of aromatic nitrogens is 2. The molecule has 6 heteroatoms. The lowest BCUT2D eigenvalue weighted by atomic mass is 10.2. The van der Waals surface area contributed by atoms with Gasteiger partial charge >= 0.3 is 0 Å². The van der Waals surface area contributed by atoms with Gasteiger partial charge in [-0.3, -0.25) is 9.89 Å². The van der Waals surface area contributed by atoms with Gasteiger partial charge in [0.05, 0.1) is 17.3 Å². The monoisotopic (exact) mass is 255 g/mol. The van der Waals surface area contributed by atoms with Crippen LogP contribution in [0.3, 0.4) is 0 Å². The number of hydrogen-bond acceptors (Lipinski definition) is 3. The van der Waals surface area contributed by atoms with Crippen LogP contribution in [0.2, 0.25) is 5.02 Å². The molecule has 1 amide bonds. The molecule has 16 heavy (non-hydrogen) atoms. The second kappa shape index (κ2) is 4.67. The van der Waals surface area contributed by atoms with Gasteiger partial charge in [-0.05, 0) is 29.3 Å². The average molecular weight is 256 g/mol. The second-order valence-electron chi connectivity index (χ2n) is 3.34. The van der Waals surface area contributed by atoms with E-state index in [-0.39, 0.29) is 11.9 Å². The highest BCUT2D eigenvalue weighted by atomic mass is 35.5. The Morgan fingerprint density at radius 2 is 2.50 bits per heavy atom. The fourth-order valence-electron chi connectivity index (χ4n) is 1.30. The standard InChI is InChI=1S/C10H10ClN3OS/c1-6(7-2-3-16-5-7)13-10(15)9-8(11)4-12-14-9/h2-6H,1H3,(H,12,14)(H,13,15). The van der Waals surface area contributed by atoms with Crippen LogP contribution < -0.4 is 5.32 Å². The van der Waals surface area contributed by atoms with E-state index in [0.29, 0.717) is 10.7 Å². The average Bonchev–Trinajstić information content (AvgIpc) is 2.86. The van der Waals surface area contributed by atoms with Crippen molar-refractivity contribution >= 4 is 28.8 Å². The Hall–Kier alpha value is -1.33. The molecule has 4 nitrogen and oxygen atoms in total. The van der Waals surface area contributed by atoms with Gasteiger partial charge in [-0.1, -0.05) is 11.6 Å². The first-order valence-electron chi connectivity index (χ1n) is 4.70. The number of rotatable bonds is 3. The number of carbonyl (C=O) groups is 1. The Bertz CT molecular complexity index is 480. The Labute approximate surface area is 102 Å². The van der Waals surface area contributed by atoms with Crippen LogP contribution in [0.5, 0.6) is 0 Å². The Balaban J connectivity index is 2.06. The van der Waals surface area contributed by atoms with Crippen LogP contribution in [0.4, 0.5) is 0 Å². The number of nitrogens with one attached hydrogen (secondary N) is 2. The number of hydrogen-bond donors (Lipinski definition) is 2. The van der Waals surface area contributed by atoms with Gasteiger partial charge in [-0.2, -0.15) is 16.4 Å². The van der Waals surface area contributed by atoms with Crippen LogP contribution in [0.1, 0.15) is 29.0 Å². The molecule has 0 radical (unpaired) electrons. The van der Waals surface area contributed by atoms with Crippen LogP contribution in [0.25, 0.3) is 0 Å². The molecule has 0 saturated heterocycles. The van der Waals surface area contributed by atoms with Crippen molar-refractivity contribution in [2.24, 2.45) is 0 Å². The van der Waals surface area contributed by atoms with Gasteiger partial charge in [-0.25, -0.2) is 0 Å². The molecule has 0 fully saturated rings. The normalized spacial score (nSPS) is 12.4. The zero-order valence-corrected chi connectivity index (χ0v) is 10.1. The molecule has 1 unspecified atom stereocenters. The van der Waals surface area contributed by atoms with Crippen molar-refractivity contribution in [1.82, 2.24) is 15.5 Å². The summed E-state index contributed by atoms with van der Waals surface area (Å²) >= 11 is 7.39. The van der Waals surface area contributed by atoms with E-state index < -0.39 is 0 Å². The largest absolute Gasteiger partial charge is 0.344 e. The molecule has 0 saturated carbocycles. The first-order chi connectivity index (χ1) is 7.68. The molecule has 1 atom stereocenters. The molecule has 0 aliphatic carbocycles. The number of amides is 1. The van der Waals surface area contributed by atoms with Crippen molar-refractivity contribution < 1.29 is 4.79 Å². The fraction of sp³-hybridized carbons (Fsp3) is 0.200. The van der Waals surface area contributed by atoms with Crippen molar-refractivity contribution in [2.45, 2.75) is 13.0 Å². The highest BCUT2D eigenvalue weighted by molar-refractivity contribution is 7.07. The topological polar surface area (TPSA) is 57.8 Å². The third-order valence-electron chi connectivity index (χ3n) is 2.21. The van der Waals surface area contributed by atoms with E-state index in [0.717, 1.165) is 5.56 Å². The van der Waals surface area contributed by atoms with Crippen molar-refractivity contribution in [2.75, 3.05) is 0 Å². The molecule has 84 valence electrons. The minimum Gasteiger partial charge on any atom is -0.344 e. The maximum atomic E-state index is 11.8. The van der Waals surface area contributed by atoms with E-state index in [4.69, 9.17) is 11.6 Å². The van der Waals surface area contributed by atoms with Gasteiger partial charge in [0.2, 0.25) is 0 Å².